The number of amides is 1. The van der Waals surface area contributed by atoms with E-state index in [0.717, 1.165) is 11.3 Å². The SMILES string of the molecule is COCCOc1c(Cl)cccc1NC(=O)CCc1ccccc1OC. The van der Waals surface area contributed by atoms with Crippen LogP contribution in [0.5, 0.6) is 11.5 Å². The van der Waals surface area contributed by atoms with Gasteiger partial charge in [0.05, 0.1) is 24.4 Å². The average molecular weight is 364 g/mol. The van der Waals surface area contributed by atoms with Gasteiger partial charge in [-0.25, -0.2) is 0 Å². The van der Waals surface area contributed by atoms with E-state index in [0.29, 0.717) is 42.5 Å². The lowest BCUT2D eigenvalue weighted by Gasteiger charge is -2.14. The average Bonchev–Trinajstić information content (AvgIpc) is 2.62. The van der Waals surface area contributed by atoms with Crippen molar-refractivity contribution in [3.63, 3.8) is 0 Å². The van der Waals surface area contributed by atoms with Gasteiger partial charge in [0.1, 0.15) is 12.4 Å². The van der Waals surface area contributed by atoms with Gasteiger partial charge in [0.2, 0.25) is 5.91 Å². The summed E-state index contributed by atoms with van der Waals surface area (Å²) < 4.78 is 15.9. The molecule has 2 aromatic rings. The number of para-hydroxylation sites is 2. The summed E-state index contributed by atoms with van der Waals surface area (Å²) in [4.78, 5) is 12.3. The molecular formula is C19H22ClNO4. The van der Waals surface area contributed by atoms with Gasteiger partial charge in [-0.1, -0.05) is 35.9 Å². The molecule has 0 aromatic heterocycles. The summed E-state index contributed by atoms with van der Waals surface area (Å²) in [6.45, 7) is 0.788. The number of methoxy groups -OCH3 is 2. The van der Waals surface area contributed by atoms with E-state index < -0.39 is 0 Å². The molecule has 25 heavy (non-hydrogen) atoms. The van der Waals surface area contributed by atoms with E-state index in [9.17, 15) is 4.79 Å². The number of halogens is 1. The third-order valence-electron chi connectivity index (χ3n) is 3.59. The van der Waals surface area contributed by atoms with Crippen LogP contribution in [0.4, 0.5) is 5.69 Å². The van der Waals surface area contributed by atoms with Crippen LogP contribution < -0.4 is 14.8 Å². The highest BCUT2D eigenvalue weighted by molar-refractivity contribution is 6.32. The fraction of sp³-hybridized carbons (Fsp3) is 0.316. The number of anilines is 1. The monoisotopic (exact) mass is 363 g/mol. The number of carbonyl (C=O) groups is 1. The molecule has 0 spiro atoms. The molecule has 0 aliphatic heterocycles. The zero-order valence-corrected chi connectivity index (χ0v) is 15.1. The molecule has 0 bridgehead atoms. The Kier molecular flexibility index (Phi) is 7.57. The van der Waals surface area contributed by atoms with Crippen LogP contribution in [-0.2, 0) is 16.0 Å². The summed E-state index contributed by atoms with van der Waals surface area (Å²) in [6.07, 6.45) is 0.903. The molecule has 6 heteroatoms. The molecule has 2 rings (SSSR count). The minimum absolute atomic E-state index is 0.121. The summed E-state index contributed by atoms with van der Waals surface area (Å²) in [5.74, 6) is 1.11. The highest BCUT2D eigenvalue weighted by atomic mass is 35.5. The minimum Gasteiger partial charge on any atom is -0.496 e. The Morgan fingerprint density at radius 3 is 2.64 bits per heavy atom. The zero-order valence-electron chi connectivity index (χ0n) is 14.4. The minimum atomic E-state index is -0.121. The Morgan fingerprint density at radius 1 is 1.08 bits per heavy atom. The Balaban J connectivity index is 1.99. The summed E-state index contributed by atoms with van der Waals surface area (Å²) >= 11 is 6.17. The number of aryl methyl sites for hydroxylation is 1. The molecule has 1 N–H and O–H groups in total. The first-order valence-corrected chi connectivity index (χ1v) is 8.35. The predicted molar refractivity (Wildman–Crippen MR) is 98.8 cm³/mol. The van der Waals surface area contributed by atoms with Crippen molar-refractivity contribution in [2.24, 2.45) is 0 Å². The first kappa shape index (κ1) is 19.1. The number of ether oxygens (including phenoxy) is 3. The topological polar surface area (TPSA) is 56.8 Å². The van der Waals surface area contributed by atoms with E-state index in [4.69, 9.17) is 25.8 Å². The van der Waals surface area contributed by atoms with Crippen LogP contribution in [0, 0.1) is 0 Å². The van der Waals surface area contributed by atoms with Gasteiger partial charge < -0.3 is 19.5 Å². The molecule has 2 aromatic carbocycles. The van der Waals surface area contributed by atoms with Crippen LogP contribution in [0.1, 0.15) is 12.0 Å². The number of carbonyl (C=O) groups excluding carboxylic acids is 1. The van der Waals surface area contributed by atoms with E-state index in [1.54, 1.807) is 32.4 Å². The van der Waals surface area contributed by atoms with Gasteiger partial charge in [-0.15, -0.1) is 0 Å². The van der Waals surface area contributed by atoms with Gasteiger partial charge in [0.25, 0.3) is 0 Å². The lowest BCUT2D eigenvalue weighted by atomic mass is 10.1. The van der Waals surface area contributed by atoms with Crippen LogP contribution in [0.2, 0.25) is 5.02 Å². The quantitative estimate of drug-likeness (QED) is 0.685. The number of nitrogens with one attached hydrogen (secondary N) is 1. The summed E-state index contributed by atoms with van der Waals surface area (Å²) in [7, 11) is 3.21. The van der Waals surface area contributed by atoms with Crippen LogP contribution in [-0.4, -0.2) is 33.3 Å². The molecular weight excluding hydrogens is 342 g/mol. The second-order valence-corrected chi connectivity index (χ2v) is 5.73. The lowest BCUT2D eigenvalue weighted by Crippen LogP contribution is -2.14. The molecule has 0 saturated heterocycles. The van der Waals surface area contributed by atoms with Gasteiger partial charge >= 0.3 is 0 Å². The van der Waals surface area contributed by atoms with Crippen molar-refractivity contribution in [3.05, 3.63) is 53.1 Å². The highest BCUT2D eigenvalue weighted by Crippen LogP contribution is 2.33. The van der Waals surface area contributed by atoms with Gasteiger partial charge in [-0.2, -0.15) is 0 Å². The molecule has 5 nitrogen and oxygen atoms in total. The van der Waals surface area contributed by atoms with Gasteiger partial charge in [0, 0.05) is 13.5 Å². The van der Waals surface area contributed by atoms with Crippen molar-refractivity contribution in [1.29, 1.82) is 0 Å². The fourth-order valence-corrected chi connectivity index (χ4v) is 2.58. The Labute approximate surface area is 152 Å². The van der Waals surface area contributed by atoms with Gasteiger partial charge in [-0.3, -0.25) is 4.79 Å². The van der Waals surface area contributed by atoms with Crippen molar-refractivity contribution in [2.75, 3.05) is 32.8 Å². The largest absolute Gasteiger partial charge is 0.496 e. The van der Waals surface area contributed by atoms with E-state index in [1.807, 2.05) is 24.3 Å². The first-order chi connectivity index (χ1) is 12.2. The molecule has 134 valence electrons. The van der Waals surface area contributed by atoms with Crippen LogP contribution in [0.3, 0.4) is 0 Å². The van der Waals surface area contributed by atoms with Gasteiger partial charge in [-0.05, 0) is 30.2 Å². The number of hydrogen-bond donors (Lipinski definition) is 1. The second kappa shape index (κ2) is 9.91. The fourth-order valence-electron chi connectivity index (χ4n) is 2.35. The molecule has 1 amide bonds. The van der Waals surface area contributed by atoms with Gasteiger partial charge in [0.15, 0.2) is 5.75 Å². The number of benzene rings is 2. The third-order valence-corrected chi connectivity index (χ3v) is 3.89. The summed E-state index contributed by atoms with van der Waals surface area (Å²) in [5.41, 5.74) is 1.54. The van der Waals surface area contributed by atoms with E-state index >= 15 is 0 Å². The van der Waals surface area contributed by atoms with Crippen molar-refractivity contribution in [1.82, 2.24) is 0 Å². The van der Waals surface area contributed by atoms with E-state index in [1.165, 1.54) is 0 Å². The Bertz CT molecular complexity index is 706. The number of hydrogen-bond acceptors (Lipinski definition) is 4. The zero-order chi connectivity index (χ0) is 18.1. The Hall–Kier alpha value is -2.24. The van der Waals surface area contributed by atoms with Crippen LogP contribution >= 0.6 is 11.6 Å². The highest BCUT2D eigenvalue weighted by Gasteiger charge is 2.12. The Morgan fingerprint density at radius 2 is 1.88 bits per heavy atom. The molecule has 0 unspecified atom stereocenters. The predicted octanol–water partition coefficient (Wildman–Crippen LogP) is 3.95. The van der Waals surface area contributed by atoms with Crippen molar-refractivity contribution in [2.45, 2.75) is 12.8 Å². The molecule has 0 fully saturated rings. The van der Waals surface area contributed by atoms with E-state index in [2.05, 4.69) is 5.32 Å². The van der Waals surface area contributed by atoms with Crippen molar-refractivity contribution >= 4 is 23.2 Å². The summed E-state index contributed by atoms with van der Waals surface area (Å²) in [5, 5.41) is 3.30. The maximum absolute atomic E-state index is 12.3. The van der Waals surface area contributed by atoms with Crippen LogP contribution in [0.25, 0.3) is 0 Å². The summed E-state index contributed by atoms with van der Waals surface area (Å²) in [6, 6.07) is 12.9. The van der Waals surface area contributed by atoms with E-state index in [-0.39, 0.29) is 5.91 Å². The maximum atomic E-state index is 12.3. The standard InChI is InChI=1S/C19H22ClNO4/c1-23-12-13-25-19-15(20)7-5-8-16(19)21-18(22)11-10-14-6-3-4-9-17(14)24-2/h3-9H,10-13H2,1-2H3,(H,21,22). The number of rotatable bonds is 9. The molecule has 0 aliphatic rings. The molecule has 0 saturated carbocycles. The second-order valence-electron chi connectivity index (χ2n) is 5.32. The van der Waals surface area contributed by atoms with Crippen LogP contribution in [0.15, 0.2) is 42.5 Å². The third kappa shape index (κ3) is 5.66. The normalized spacial score (nSPS) is 10.4. The lowest BCUT2D eigenvalue weighted by molar-refractivity contribution is -0.116. The van der Waals surface area contributed by atoms with Crippen molar-refractivity contribution in [3.8, 4) is 11.5 Å². The first-order valence-electron chi connectivity index (χ1n) is 7.97. The van der Waals surface area contributed by atoms with Crippen molar-refractivity contribution < 1.29 is 19.0 Å². The molecule has 0 atom stereocenters. The molecule has 0 radical (unpaired) electrons. The maximum Gasteiger partial charge on any atom is 0.224 e. The smallest absolute Gasteiger partial charge is 0.224 e. The molecule has 0 heterocycles. The molecule has 0 aliphatic carbocycles.